The van der Waals surface area contributed by atoms with E-state index in [1.807, 2.05) is 26.0 Å². The first-order valence-electron chi connectivity index (χ1n) is 11.4. The summed E-state index contributed by atoms with van der Waals surface area (Å²) in [5, 5.41) is 9.20. The summed E-state index contributed by atoms with van der Waals surface area (Å²) in [6, 6.07) is 9.82. The van der Waals surface area contributed by atoms with E-state index in [0.717, 1.165) is 35.3 Å². The third-order valence-corrected chi connectivity index (χ3v) is 6.18. The molecule has 1 aliphatic rings. The van der Waals surface area contributed by atoms with Gasteiger partial charge in [0, 0.05) is 5.56 Å². The van der Waals surface area contributed by atoms with Crippen molar-refractivity contribution in [1.29, 1.82) is 0 Å². The number of rotatable bonds is 6. The number of ether oxygens (including phenoxy) is 2. The molecule has 0 atom stereocenters. The lowest BCUT2D eigenvalue weighted by Crippen LogP contribution is -2.28. The minimum atomic E-state index is -0.728. The second-order valence-electron chi connectivity index (χ2n) is 8.76. The first-order valence-corrected chi connectivity index (χ1v) is 11.4. The number of hydrogen-bond donors (Lipinski definition) is 1. The van der Waals surface area contributed by atoms with Gasteiger partial charge < -0.3 is 19.0 Å². The van der Waals surface area contributed by atoms with Crippen molar-refractivity contribution in [2.24, 2.45) is 5.92 Å². The second-order valence-corrected chi connectivity index (χ2v) is 8.76. The molecule has 1 saturated carbocycles. The van der Waals surface area contributed by atoms with Gasteiger partial charge in [-0.3, -0.25) is 4.79 Å². The van der Waals surface area contributed by atoms with Crippen LogP contribution < -0.4 is 9.47 Å². The van der Waals surface area contributed by atoms with E-state index in [1.165, 1.54) is 18.3 Å². The van der Waals surface area contributed by atoms with Crippen LogP contribution in [0.25, 0.3) is 22.7 Å². The number of para-hydroxylation sites is 1. The average molecular weight is 477 g/mol. The second kappa shape index (κ2) is 9.32. The maximum atomic E-state index is 13.9. The van der Waals surface area contributed by atoms with Gasteiger partial charge in [-0.2, -0.15) is 4.98 Å². The van der Waals surface area contributed by atoms with Crippen LogP contribution in [0.1, 0.15) is 36.8 Å². The fourth-order valence-corrected chi connectivity index (χ4v) is 4.37. The van der Waals surface area contributed by atoms with E-state index >= 15 is 0 Å². The van der Waals surface area contributed by atoms with Crippen molar-refractivity contribution in [1.82, 2.24) is 15.0 Å². The van der Waals surface area contributed by atoms with Crippen LogP contribution in [0.4, 0.5) is 4.39 Å². The molecule has 0 saturated heterocycles. The Hall–Kier alpha value is -4.01. The Bertz CT molecular complexity index is 1370. The highest BCUT2D eigenvalue weighted by Crippen LogP contribution is 2.35. The van der Waals surface area contributed by atoms with Gasteiger partial charge in [-0.25, -0.2) is 14.4 Å². The van der Waals surface area contributed by atoms with Crippen LogP contribution in [-0.4, -0.2) is 32.1 Å². The highest BCUT2D eigenvalue weighted by atomic mass is 19.1. The van der Waals surface area contributed by atoms with Gasteiger partial charge in [-0.15, -0.1) is 0 Å². The molecule has 9 heteroatoms. The van der Waals surface area contributed by atoms with Gasteiger partial charge in [-0.05, 0) is 74.9 Å². The number of nitrogens with zero attached hydrogens (tertiary/aromatic N) is 3. The number of carbonyl (C=O) groups is 1. The van der Waals surface area contributed by atoms with Crippen LogP contribution in [0.3, 0.4) is 0 Å². The number of fused-ring (bicyclic) bond motifs is 1. The molecule has 0 spiro atoms. The summed E-state index contributed by atoms with van der Waals surface area (Å²) in [7, 11) is 0. The highest BCUT2D eigenvalue weighted by Gasteiger charge is 2.27. The summed E-state index contributed by atoms with van der Waals surface area (Å²) in [5.74, 6) is -0.336. The molecule has 8 nitrogen and oxygen atoms in total. The molecule has 0 aliphatic heterocycles. The monoisotopic (exact) mass is 477 g/mol. The summed E-state index contributed by atoms with van der Waals surface area (Å²) in [5.41, 5.74) is 3.30. The molecule has 0 bridgehead atoms. The third-order valence-electron chi connectivity index (χ3n) is 6.18. The number of carboxylic acid groups (broad SMARTS) is 1. The zero-order chi connectivity index (χ0) is 24.5. The van der Waals surface area contributed by atoms with Crippen LogP contribution in [0, 0.1) is 25.6 Å². The van der Waals surface area contributed by atoms with Crippen LogP contribution in [0.2, 0.25) is 0 Å². The molecule has 2 aromatic carbocycles. The smallest absolute Gasteiger partial charge is 0.325 e. The molecule has 35 heavy (non-hydrogen) atoms. The van der Waals surface area contributed by atoms with Gasteiger partial charge in [-0.1, -0.05) is 12.1 Å². The van der Waals surface area contributed by atoms with Crippen LogP contribution in [0.15, 0.2) is 47.0 Å². The predicted octanol–water partition coefficient (Wildman–Crippen LogP) is 5.86. The number of oxazole rings is 1. The Balaban J connectivity index is 1.35. The molecule has 0 unspecified atom stereocenters. The van der Waals surface area contributed by atoms with Gasteiger partial charge in [0.05, 0.1) is 18.2 Å². The van der Waals surface area contributed by atoms with Crippen molar-refractivity contribution in [3.63, 3.8) is 0 Å². The Morgan fingerprint density at radius 2 is 1.80 bits per heavy atom. The number of carboxylic acids is 1. The summed E-state index contributed by atoms with van der Waals surface area (Å²) < 4.78 is 31.4. The molecule has 1 fully saturated rings. The first-order chi connectivity index (χ1) is 16.9. The first kappa shape index (κ1) is 22.8. The van der Waals surface area contributed by atoms with E-state index in [2.05, 4.69) is 15.0 Å². The van der Waals surface area contributed by atoms with Gasteiger partial charge in [0.2, 0.25) is 5.89 Å². The Labute approximate surface area is 200 Å². The number of halogens is 1. The van der Waals surface area contributed by atoms with E-state index in [1.54, 1.807) is 12.1 Å². The van der Waals surface area contributed by atoms with E-state index < -0.39 is 11.8 Å². The van der Waals surface area contributed by atoms with Crippen molar-refractivity contribution in [2.45, 2.75) is 45.6 Å². The average Bonchev–Trinajstić information content (AvgIpc) is 3.27. The zero-order valence-corrected chi connectivity index (χ0v) is 19.3. The predicted molar refractivity (Wildman–Crippen MR) is 125 cm³/mol. The third kappa shape index (κ3) is 4.80. The molecular formula is C26H24FN3O5. The number of hydrogen-bond acceptors (Lipinski definition) is 7. The zero-order valence-electron chi connectivity index (χ0n) is 19.3. The lowest BCUT2D eigenvalue weighted by atomic mass is 9.87. The van der Waals surface area contributed by atoms with Crippen molar-refractivity contribution < 1.29 is 28.2 Å². The quantitative estimate of drug-likeness (QED) is 0.368. The Morgan fingerprint density at radius 1 is 1.09 bits per heavy atom. The summed E-state index contributed by atoms with van der Waals surface area (Å²) in [4.78, 5) is 24.0. The van der Waals surface area contributed by atoms with Gasteiger partial charge >= 0.3 is 12.0 Å². The number of aromatic nitrogens is 3. The molecule has 0 amide bonds. The Kier molecular flexibility index (Phi) is 6.07. The van der Waals surface area contributed by atoms with Gasteiger partial charge in [0.1, 0.15) is 11.3 Å². The molecule has 180 valence electrons. The lowest BCUT2D eigenvalue weighted by Gasteiger charge is -2.28. The van der Waals surface area contributed by atoms with E-state index in [4.69, 9.17) is 13.9 Å². The molecule has 1 N–H and O–H groups in total. The SMILES string of the molecule is Cc1cc(-c2nc3cnc(Oc4ccccc4F)nc3o2)cc(C)c1OC1CCC(C(=O)O)CC1. The van der Waals surface area contributed by atoms with E-state index in [-0.39, 0.29) is 29.5 Å². The minimum Gasteiger partial charge on any atom is -0.490 e. The van der Waals surface area contributed by atoms with Crippen molar-refractivity contribution in [3.8, 4) is 29.0 Å². The van der Waals surface area contributed by atoms with Gasteiger partial charge in [0.15, 0.2) is 11.6 Å². The Morgan fingerprint density at radius 3 is 2.49 bits per heavy atom. The number of aryl methyl sites for hydroxylation is 2. The maximum Gasteiger partial charge on any atom is 0.325 e. The van der Waals surface area contributed by atoms with E-state index in [0.29, 0.717) is 24.2 Å². The number of aliphatic carboxylic acids is 1. The number of benzene rings is 2. The summed E-state index contributed by atoms with van der Waals surface area (Å²) >= 11 is 0. The molecule has 5 rings (SSSR count). The summed E-state index contributed by atoms with van der Waals surface area (Å²) in [6.45, 7) is 3.91. The highest BCUT2D eigenvalue weighted by molar-refractivity contribution is 5.73. The van der Waals surface area contributed by atoms with Crippen LogP contribution >= 0.6 is 0 Å². The largest absolute Gasteiger partial charge is 0.490 e. The van der Waals surface area contributed by atoms with Gasteiger partial charge in [0.25, 0.3) is 5.71 Å². The molecule has 2 aromatic heterocycles. The fraction of sp³-hybridized carbons (Fsp3) is 0.308. The van der Waals surface area contributed by atoms with Crippen LogP contribution in [0.5, 0.6) is 17.5 Å². The molecule has 1 aliphatic carbocycles. The fourth-order valence-electron chi connectivity index (χ4n) is 4.37. The van der Waals surface area contributed by atoms with Crippen molar-refractivity contribution in [2.75, 3.05) is 0 Å². The van der Waals surface area contributed by atoms with Crippen molar-refractivity contribution >= 4 is 17.2 Å². The molecule has 0 radical (unpaired) electrons. The minimum absolute atomic E-state index is 0.00122. The maximum absolute atomic E-state index is 13.9. The molecular weight excluding hydrogens is 453 g/mol. The van der Waals surface area contributed by atoms with Crippen molar-refractivity contribution in [3.05, 3.63) is 59.5 Å². The standard InChI is InChI=1S/C26H24FN3O5/c1-14-11-17(12-15(2)22(14)33-18-9-7-16(8-10-18)25(31)32)23-29-20-13-28-26(30-24(20)35-23)34-21-6-4-3-5-19(21)27/h3-6,11-13,16,18H,7-10H2,1-2H3,(H,31,32). The molecule has 4 aromatic rings. The van der Waals surface area contributed by atoms with Crippen LogP contribution in [-0.2, 0) is 4.79 Å². The van der Waals surface area contributed by atoms with E-state index in [9.17, 15) is 14.3 Å². The molecule has 2 heterocycles. The topological polar surface area (TPSA) is 108 Å². The lowest BCUT2D eigenvalue weighted by molar-refractivity contribution is -0.143. The summed E-state index contributed by atoms with van der Waals surface area (Å²) in [6.07, 6.45) is 4.17. The normalized spacial score (nSPS) is 17.9.